The van der Waals surface area contributed by atoms with Crippen molar-refractivity contribution in [3.8, 4) is 0 Å². The second-order valence-corrected chi connectivity index (χ2v) is 8.60. The highest BCUT2D eigenvalue weighted by atomic mass is 16.3. The van der Waals surface area contributed by atoms with Gasteiger partial charge in [0.2, 0.25) is 11.9 Å². The van der Waals surface area contributed by atoms with E-state index in [-0.39, 0.29) is 0 Å². The van der Waals surface area contributed by atoms with Crippen LogP contribution >= 0.6 is 0 Å². The molecule has 2 aromatic heterocycles. The van der Waals surface area contributed by atoms with Gasteiger partial charge >= 0.3 is 0 Å². The number of anilines is 3. The Morgan fingerprint density at radius 1 is 1.12 bits per heavy atom. The Kier molecular flexibility index (Phi) is 7.52. The van der Waals surface area contributed by atoms with Crippen LogP contribution in [0.4, 0.5) is 17.6 Å². The Morgan fingerprint density at radius 3 is 2.75 bits per heavy atom. The first-order valence-corrected chi connectivity index (χ1v) is 12.0. The third-order valence-electron chi connectivity index (χ3n) is 6.47. The van der Waals surface area contributed by atoms with E-state index in [4.69, 9.17) is 19.4 Å². The molecule has 1 aliphatic rings. The van der Waals surface area contributed by atoms with Crippen molar-refractivity contribution in [3.05, 3.63) is 30.4 Å². The number of likely N-dealkylation sites (N-methyl/N-ethyl adjacent to an activating group) is 2. The molecular formula is C24H35N7O. The number of fused-ring (bicyclic) bond motifs is 1. The average Bonchev–Trinajstić information content (AvgIpc) is 3.30. The van der Waals surface area contributed by atoms with E-state index in [1.807, 2.05) is 18.2 Å². The number of nitrogens with one attached hydrogen (secondary N) is 2. The van der Waals surface area contributed by atoms with Crippen LogP contribution in [0, 0.1) is 5.92 Å². The maximum atomic E-state index is 5.45. The predicted molar refractivity (Wildman–Crippen MR) is 129 cm³/mol. The average molecular weight is 438 g/mol. The lowest BCUT2D eigenvalue weighted by Gasteiger charge is -2.28. The van der Waals surface area contributed by atoms with E-state index in [9.17, 15) is 0 Å². The molecule has 2 heterocycles. The van der Waals surface area contributed by atoms with E-state index >= 15 is 0 Å². The van der Waals surface area contributed by atoms with Gasteiger partial charge in [0.25, 0.3) is 0 Å². The highest BCUT2D eigenvalue weighted by molar-refractivity contribution is 5.77. The van der Waals surface area contributed by atoms with Gasteiger partial charge in [-0.15, -0.1) is 0 Å². The van der Waals surface area contributed by atoms with Crippen molar-refractivity contribution in [1.29, 1.82) is 0 Å². The number of oxazole rings is 1. The Bertz CT molecular complexity index is 999. The maximum Gasteiger partial charge on any atom is 0.232 e. The molecule has 2 N–H and O–H groups in total. The predicted octanol–water partition coefficient (Wildman–Crippen LogP) is 4.88. The molecule has 0 aliphatic heterocycles. The van der Waals surface area contributed by atoms with Crippen molar-refractivity contribution < 1.29 is 4.42 Å². The zero-order chi connectivity index (χ0) is 22.3. The largest absolute Gasteiger partial charge is 0.443 e. The lowest BCUT2D eigenvalue weighted by atomic mass is 9.80. The molecule has 32 heavy (non-hydrogen) atoms. The minimum atomic E-state index is 0.307. The molecule has 1 fully saturated rings. The second-order valence-electron chi connectivity index (χ2n) is 8.60. The fraction of sp³-hybridized carbons (Fsp3) is 0.583. The topological polar surface area (TPSA) is 92.0 Å². The maximum absolute atomic E-state index is 5.45. The van der Waals surface area contributed by atoms with Gasteiger partial charge in [-0.05, 0) is 44.4 Å². The molecule has 0 saturated heterocycles. The zero-order valence-corrected chi connectivity index (χ0v) is 19.5. The van der Waals surface area contributed by atoms with Crippen molar-refractivity contribution in [2.45, 2.75) is 58.8 Å². The minimum absolute atomic E-state index is 0.307. The molecular weight excluding hydrogens is 402 g/mol. The third kappa shape index (κ3) is 5.35. The van der Waals surface area contributed by atoms with Crippen LogP contribution < -0.4 is 15.5 Å². The molecule has 0 spiro atoms. The monoisotopic (exact) mass is 437 g/mol. The normalized spacial score (nSPS) is 15.7. The Labute approximate surface area is 190 Å². The molecule has 0 unspecified atom stereocenters. The highest BCUT2D eigenvalue weighted by Gasteiger charge is 2.25. The van der Waals surface area contributed by atoms with Crippen LogP contribution in [0.15, 0.2) is 29.0 Å². The van der Waals surface area contributed by atoms with Crippen LogP contribution in [0.1, 0.15) is 64.6 Å². The van der Waals surface area contributed by atoms with Crippen LogP contribution in [0.2, 0.25) is 0 Å². The van der Waals surface area contributed by atoms with Crippen molar-refractivity contribution in [3.63, 3.8) is 0 Å². The third-order valence-corrected chi connectivity index (χ3v) is 6.47. The van der Waals surface area contributed by atoms with Crippen molar-refractivity contribution in [2.24, 2.45) is 5.92 Å². The second kappa shape index (κ2) is 10.7. The number of aromatic nitrogens is 4. The highest BCUT2D eigenvalue weighted by Crippen LogP contribution is 2.35. The first-order chi connectivity index (χ1) is 15.7. The number of hydrogen-bond donors (Lipinski definition) is 2. The van der Waals surface area contributed by atoms with Crippen LogP contribution in [-0.4, -0.2) is 46.1 Å². The molecule has 1 aromatic carbocycles. The van der Waals surface area contributed by atoms with Gasteiger partial charge in [-0.1, -0.05) is 33.1 Å². The van der Waals surface area contributed by atoms with Gasteiger partial charge in [0.05, 0.1) is 0 Å². The van der Waals surface area contributed by atoms with Gasteiger partial charge in [0.1, 0.15) is 11.3 Å². The fourth-order valence-electron chi connectivity index (χ4n) is 4.48. The summed E-state index contributed by atoms with van der Waals surface area (Å²) in [4.78, 5) is 21.0. The summed E-state index contributed by atoms with van der Waals surface area (Å²) in [5.41, 5.74) is 2.44. The number of nitrogens with zero attached hydrogens (tertiary/aromatic N) is 5. The summed E-state index contributed by atoms with van der Waals surface area (Å²) < 4.78 is 5.45. The zero-order valence-electron chi connectivity index (χ0n) is 19.5. The van der Waals surface area contributed by atoms with Gasteiger partial charge in [-0.25, -0.2) is 4.98 Å². The molecule has 8 nitrogen and oxygen atoms in total. The van der Waals surface area contributed by atoms with Gasteiger partial charge in [-0.3, -0.25) is 0 Å². The fourth-order valence-corrected chi connectivity index (χ4v) is 4.48. The van der Waals surface area contributed by atoms with Crippen molar-refractivity contribution in [1.82, 2.24) is 25.3 Å². The number of hydrogen-bond acceptors (Lipinski definition) is 8. The molecule has 8 heteroatoms. The summed E-state index contributed by atoms with van der Waals surface area (Å²) in [6, 6.07) is 5.84. The van der Waals surface area contributed by atoms with Gasteiger partial charge < -0.3 is 20.0 Å². The molecule has 172 valence electrons. The van der Waals surface area contributed by atoms with Crippen LogP contribution in [0.3, 0.4) is 0 Å². The molecule has 0 bridgehead atoms. The van der Waals surface area contributed by atoms with E-state index < -0.39 is 0 Å². The quantitative estimate of drug-likeness (QED) is 0.434. The smallest absolute Gasteiger partial charge is 0.232 e. The van der Waals surface area contributed by atoms with Crippen LogP contribution in [0.25, 0.3) is 11.1 Å². The standard InChI is InChI=1S/C24H35N7O/c1-4-25-13-14-31(5-2)24-29-22(17(3)18-9-7-6-8-10-18)28-23(30-24)27-19-11-12-20-21(15-19)32-16-26-20/h11-12,15-18,25H,4-10,13-14H2,1-3H3,(H,27,28,29,30)/t17-/m0/s1. The van der Waals surface area contributed by atoms with Crippen molar-refractivity contribution >= 4 is 28.7 Å². The van der Waals surface area contributed by atoms with Gasteiger partial charge in [-0.2, -0.15) is 15.0 Å². The van der Waals surface area contributed by atoms with Crippen LogP contribution in [0.5, 0.6) is 0 Å². The van der Waals surface area contributed by atoms with E-state index in [0.29, 0.717) is 17.8 Å². The lowest BCUT2D eigenvalue weighted by molar-refractivity contribution is 0.309. The van der Waals surface area contributed by atoms with Crippen LogP contribution in [-0.2, 0) is 0 Å². The Morgan fingerprint density at radius 2 is 1.97 bits per heavy atom. The first kappa shape index (κ1) is 22.5. The molecule has 0 radical (unpaired) electrons. The summed E-state index contributed by atoms with van der Waals surface area (Å²) in [5.74, 6) is 3.14. The SMILES string of the molecule is CCNCCN(CC)c1nc(Nc2ccc3ncoc3c2)nc([C@@H](C)C2CCCCC2)n1. The van der Waals surface area contributed by atoms with E-state index in [1.54, 1.807) is 0 Å². The molecule has 1 aliphatic carbocycles. The summed E-state index contributed by atoms with van der Waals surface area (Å²) in [7, 11) is 0. The minimum Gasteiger partial charge on any atom is -0.443 e. The van der Waals surface area contributed by atoms with E-state index in [1.165, 1.54) is 38.5 Å². The van der Waals surface area contributed by atoms with E-state index in [2.05, 4.69) is 41.3 Å². The molecule has 1 saturated carbocycles. The number of rotatable bonds is 10. The molecule has 3 aromatic rings. The lowest BCUT2D eigenvalue weighted by Crippen LogP contribution is -2.33. The summed E-state index contributed by atoms with van der Waals surface area (Å²) in [6.07, 6.45) is 7.92. The Hall–Kier alpha value is -2.74. The molecule has 4 rings (SSSR count). The summed E-state index contributed by atoms with van der Waals surface area (Å²) >= 11 is 0. The van der Waals surface area contributed by atoms with Crippen molar-refractivity contribution in [2.75, 3.05) is 36.4 Å². The molecule has 0 amide bonds. The Balaban J connectivity index is 1.63. The number of benzene rings is 1. The summed E-state index contributed by atoms with van der Waals surface area (Å²) in [6.45, 7) is 10.1. The van der Waals surface area contributed by atoms with Gasteiger partial charge in [0.15, 0.2) is 12.0 Å². The molecule has 1 atom stereocenters. The summed E-state index contributed by atoms with van der Waals surface area (Å²) in [5, 5.41) is 6.77. The van der Waals surface area contributed by atoms with Gasteiger partial charge in [0, 0.05) is 37.3 Å². The first-order valence-electron chi connectivity index (χ1n) is 12.0. The van der Waals surface area contributed by atoms with E-state index in [0.717, 1.165) is 54.7 Å².